The highest BCUT2D eigenvalue weighted by atomic mass is 16.5. The van der Waals surface area contributed by atoms with Crippen LogP contribution in [0, 0.1) is 0 Å². The first-order valence-electron chi connectivity index (χ1n) is 11.4. The van der Waals surface area contributed by atoms with Crippen LogP contribution in [0.1, 0.15) is 15.9 Å². The van der Waals surface area contributed by atoms with Crippen LogP contribution in [-0.2, 0) is 16.0 Å². The highest BCUT2D eigenvalue weighted by molar-refractivity contribution is 6.06. The van der Waals surface area contributed by atoms with Crippen molar-refractivity contribution in [1.29, 1.82) is 0 Å². The fourth-order valence-corrected chi connectivity index (χ4v) is 4.24. The zero-order valence-electron chi connectivity index (χ0n) is 18.7. The van der Waals surface area contributed by atoms with E-state index < -0.39 is 0 Å². The average Bonchev–Trinajstić information content (AvgIpc) is 3.35. The first-order valence-corrected chi connectivity index (χ1v) is 11.4. The van der Waals surface area contributed by atoms with E-state index in [9.17, 15) is 4.79 Å². The number of benzene rings is 2. The quantitative estimate of drug-likeness (QED) is 0.627. The van der Waals surface area contributed by atoms with Gasteiger partial charge in [-0.25, -0.2) is 0 Å². The van der Waals surface area contributed by atoms with Crippen LogP contribution in [0.4, 0.5) is 17.1 Å². The molecule has 3 heterocycles. The third kappa shape index (κ3) is 5.18. The van der Waals surface area contributed by atoms with E-state index in [1.807, 2.05) is 36.4 Å². The Bertz CT molecular complexity index is 1070. The number of ether oxygens (including phenoxy) is 2. The molecule has 1 N–H and O–H groups in total. The number of nitrogens with one attached hydrogen (secondary N) is 1. The Balaban J connectivity index is 1.35. The molecule has 2 aliphatic heterocycles. The van der Waals surface area contributed by atoms with Gasteiger partial charge in [0.25, 0.3) is 5.91 Å². The normalized spacial score (nSPS) is 16.6. The Labute approximate surface area is 193 Å². The van der Waals surface area contributed by atoms with Crippen LogP contribution < -0.4 is 15.1 Å². The van der Waals surface area contributed by atoms with Gasteiger partial charge in [0.1, 0.15) is 0 Å². The zero-order valence-corrected chi connectivity index (χ0v) is 18.7. The maximum atomic E-state index is 13.1. The summed E-state index contributed by atoms with van der Waals surface area (Å²) in [6, 6.07) is 16.3. The number of nitrogens with zero attached hydrogens (tertiary/aromatic N) is 4. The molecule has 172 valence electrons. The van der Waals surface area contributed by atoms with Crippen LogP contribution in [0.3, 0.4) is 0 Å². The van der Waals surface area contributed by atoms with Crippen molar-refractivity contribution >= 4 is 23.0 Å². The molecule has 0 atom stereocenters. The topological polar surface area (TPSA) is 71.9 Å². The van der Waals surface area contributed by atoms with Gasteiger partial charge in [-0.05, 0) is 23.8 Å². The van der Waals surface area contributed by atoms with Crippen molar-refractivity contribution in [3.05, 3.63) is 72.1 Å². The number of morpholine rings is 2. The maximum Gasteiger partial charge on any atom is 0.258 e. The number of hydrogen-bond acceptors (Lipinski definition) is 6. The molecule has 2 aromatic carbocycles. The Hall–Kier alpha value is -3.36. The number of amides is 1. The number of hydrogen-bond donors (Lipinski definition) is 1. The van der Waals surface area contributed by atoms with Crippen molar-refractivity contribution in [2.45, 2.75) is 6.54 Å². The summed E-state index contributed by atoms with van der Waals surface area (Å²) in [7, 11) is 0. The van der Waals surface area contributed by atoms with E-state index in [1.54, 1.807) is 17.1 Å². The van der Waals surface area contributed by atoms with Crippen LogP contribution in [0.2, 0.25) is 0 Å². The van der Waals surface area contributed by atoms with E-state index >= 15 is 0 Å². The molecule has 1 aromatic heterocycles. The number of rotatable bonds is 6. The van der Waals surface area contributed by atoms with E-state index in [1.165, 1.54) is 0 Å². The Morgan fingerprint density at radius 1 is 0.909 bits per heavy atom. The Morgan fingerprint density at radius 2 is 1.61 bits per heavy atom. The summed E-state index contributed by atoms with van der Waals surface area (Å²) in [5.74, 6) is -0.164. The maximum absolute atomic E-state index is 13.1. The van der Waals surface area contributed by atoms with Gasteiger partial charge in [-0.3, -0.25) is 9.48 Å². The van der Waals surface area contributed by atoms with Gasteiger partial charge in [0.2, 0.25) is 0 Å². The standard InChI is InChI=1S/C25H29N5O3/c31-25(21-17-26-30(19-21)18-20-4-2-1-3-5-20)27-23-7-6-22(28-8-12-32-13-9-28)16-24(23)29-10-14-33-15-11-29/h1-7,16-17,19H,8-15,18H2,(H,27,31). The molecule has 1 amide bonds. The molecular weight excluding hydrogens is 418 g/mol. The van der Waals surface area contributed by atoms with Gasteiger partial charge in [-0.1, -0.05) is 30.3 Å². The number of carbonyl (C=O) groups is 1. The largest absolute Gasteiger partial charge is 0.378 e. The molecule has 3 aromatic rings. The monoisotopic (exact) mass is 447 g/mol. The first kappa shape index (κ1) is 21.5. The minimum absolute atomic E-state index is 0.164. The SMILES string of the molecule is O=C(Nc1ccc(N2CCOCC2)cc1N1CCOCC1)c1cnn(Cc2ccccc2)c1. The highest BCUT2D eigenvalue weighted by Crippen LogP contribution is 2.32. The van der Waals surface area contributed by atoms with Gasteiger partial charge in [-0.15, -0.1) is 0 Å². The van der Waals surface area contributed by atoms with Gasteiger partial charge in [0.15, 0.2) is 0 Å². The molecular formula is C25H29N5O3. The smallest absolute Gasteiger partial charge is 0.258 e. The molecule has 2 aliphatic rings. The highest BCUT2D eigenvalue weighted by Gasteiger charge is 2.20. The lowest BCUT2D eigenvalue weighted by atomic mass is 10.1. The molecule has 0 saturated carbocycles. The molecule has 0 radical (unpaired) electrons. The van der Waals surface area contributed by atoms with Crippen molar-refractivity contribution in [3.8, 4) is 0 Å². The summed E-state index contributed by atoms with van der Waals surface area (Å²) in [4.78, 5) is 17.7. The fourth-order valence-electron chi connectivity index (χ4n) is 4.24. The second kappa shape index (κ2) is 10.1. The second-order valence-corrected chi connectivity index (χ2v) is 8.27. The Kier molecular flexibility index (Phi) is 6.55. The predicted octanol–water partition coefficient (Wildman–Crippen LogP) is 2.86. The summed E-state index contributed by atoms with van der Waals surface area (Å²) in [5, 5.41) is 7.49. The molecule has 2 fully saturated rings. The number of anilines is 3. The molecule has 33 heavy (non-hydrogen) atoms. The van der Waals surface area contributed by atoms with Gasteiger partial charge < -0.3 is 24.6 Å². The fraction of sp³-hybridized carbons (Fsp3) is 0.360. The van der Waals surface area contributed by atoms with Crippen molar-refractivity contribution in [2.24, 2.45) is 0 Å². The summed E-state index contributed by atoms with van der Waals surface area (Å²) in [6.45, 7) is 6.79. The summed E-state index contributed by atoms with van der Waals surface area (Å²) >= 11 is 0. The number of aromatic nitrogens is 2. The van der Waals surface area contributed by atoms with E-state index in [4.69, 9.17) is 9.47 Å². The first-order chi connectivity index (χ1) is 16.3. The van der Waals surface area contributed by atoms with Crippen LogP contribution in [0.5, 0.6) is 0 Å². The number of carbonyl (C=O) groups excluding carboxylic acids is 1. The van der Waals surface area contributed by atoms with Gasteiger partial charge in [-0.2, -0.15) is 5.10 Å². The molecule has 0 spiro atoms. The lowest BCUT2D eigenvalue weighted by Crippen LogP contribution is -2.38. The predicted molar refractivity (Wildman–Crippen MR) is 128 cm³/mol. The molecule has 2 saturated heterocycles. The van der Waals surface area contributed by atoms with E-state index in [2.05, 4.69) is 32.3 Å². The van der Waals surface area contributed by atoms with Gasteiger partial charge in [0, 0.05) is 38.1 Å². The third-order valence-corrected chi connectivity index (χ3v) is 6.04. The third-order valence-electron chi connectivity index (χ3n) is 6.04. The van der Waals surface area contributed by atoms with E-state index in [-0.39, 0.29) is 5.91 Å². The lowest BCUT2D eigenvalue weighted by molar-refractivity contribution is 0.102. The zero-order chi connectivity index (χ0) is 22.5. The molecule has 8 nitrogen and oxygen atoms in total. The van der Waals surface area contributed by atoms with Crippen molar-refractivity contribution in [1.82, 2.24) is 9.78 Å². The van der Waals surface area contributed by atoms with E-state index in [0.29, 0.717) is 25.3 Å². The molecule has 8 heteroatoms. The van der Waals surface area contributed by atoms with Crippen LogP contribution in [0.25, 0.3) is 0 Å². The minimum atomic E-state index is -0.164. The van der Waals surface area contributed by atoms with Crippen LogP contribution in [-0.4, -0.2) is 68.3 Å². The minimum Gasteiger partial charge on any atom is -0.378 e. The second-order valence-electron chi connectivity index (χ2n) is 8.27. The summed E-state index contributed by atoms with van der Waals surface area (Å²) in [6.07, 6.45) is 3.41. The molecule has 5 rings (SSSR count). The molecule has 0 aliphatic carbocycles. The van der Waals surface area contributed by atoms with Crippen LogP contribution in [0.15, 0.2) is 60.9 Å². The Morgan fingerprint density at radius 3 is 2.33 bits per heavy atom. The lowest BCUT2D eigenvalue weighted by Gasteiger charge is -2.33. The average molecular weight is 448 g/mol. The summed E-state index contributed by atoms with van der Waals surface area (Å²) in [5.41, 5.74) is 4.65. The van der Waals surface area contributed by atoms with E-state index in [0.717, 1.165) is 62.0 Å². The molecule has 0 bridgehead atoms. The van der Waals surface area contributed by atoms with Crippen molar-refractivity contribution < 1.29 is 14.3 Å². The summed E-state index contributed by atoms with van der Waals surface area (Å²) < 4.78 is 12.8. The van der Waals surface area contributed by atoms with Gasteiger partial charge >= 0.3 is 0 Å². The van der Waals surface area contributed by atoms with Gasteiger partial charge in [0.05, 0.1) is 56.1 Å². The van der Waals surface area contributed by atoms with Crippen molar-refractivity contribution in [3.63, 3.8) is 0 Å². The van der Waals surface area contributed by atoms with Crippen molar-refractivity contribution in [2.75, 3.05) is 67.7 Å². The molecule has 0 unspecified atom stereocenters. The van der Waals surface area contributed by atoms with Crippen LogP contribution >= 0.6 is 0 Å².